The molecule has 0 aliphatic carbocycles. The quantitative estimate of drug-likeness (QED) is 0.314. The third-order valence-corrected chi connectivity index (χ3v) is 13.5. The van der Waals surface area contributed by atoms with E-state index in [1.165, 1.54) is 0 Å². The average Bonchev–Trinajstić information content (AvgIpc) is 2.63. The summed E-state index contributed by atoms with van der Waals surface area (Å²) in [5.74, 6) is -1.08. The van der Waals surface area contributed by atoms with Crippen LogP contribution in [-0.4, -0.2) is 129 Å². The first kappa shape index (κ1) is 28.8. The summed E-state index contributed by atoms with van der Waals surface area (Å²) in [4.78, 5) is 46.7. The van der Waals surface area contributed by atoms with E-state index in [4.69, 9.17) is 9.79 Å². The van der Waals surface area contributed by atoms with Crippen LogP contribution in [0.15, 0.2) is 0 Å². The molecule has 2 rings (SSSR count). The van der Waals surface area contributed by atoms with Gasteiger partial charge in [-0.3, -0.25) is 28.1 Å². The molecule has 2 bridgehead atoms. The lowest BCUT2D eigenvalue weighted by Crippen LogP contribution is -2.47. The Labute approximate surface area is 191 Å². The van der Waals surface area contributed by atoms with Crippen molar-refractivity contribution in [2.75, 3.05) is 89.8 Å². The third kappa shape index (κ3) is 11.8. The monoisotopic (exact) mass is 538 g/mol. The Bertz CT molecular complexity index is 685. The number of hydrogen-bond acceptors (Lipinski definition) is 8. The van der Waals surface area contributed by atoms with Gasteiger partial charge in [-0.15, -0.1) is 0 Å². The van der Waals surface area contributed by atoms with Crippen molar-refractivity contribution in [3.05, 3.63) is 0 Å². The lowest BCUT2D eigenvalue weighted by Gasteiger charge is -2.36. The fraction of sp³-hybridized carbons (Fsp3) is 1.00. The summed E-state index contributed by atoms with van der Waals surface area (Å²) in [5, 5.41) is 0. The van der Waals surface area contributed by atoms with Crippen molar-refractivity contribution < 1.29 is 37.8 Å². The number of fused-ring (bicyclic) bond motifs is 3. The summed E-state index contributed by atoms with van der Waals surface area (Å²) in [7, 11) is -13.4. The second-order valence-electron chi connectivity index (χ2n) is 8.71. The SMILES string of the molecule is O=[PH](O)CP(=O)(O)CN1CCCN2CCN(CCCN(CP(=O)(O)C[PH](=O)O)CC2)CC1. The highest BCUT2D eigenvalue weighted by molar-refractivity contribution is 7.68. The molecule has 6 unspecified atom stereocenters. The van der Waals surface area contributed by atoms with Gasteiger partial charge in [-0.1, -0.05) is 0 Å². The summed E-state index contributed by atoms with van der Waals surface area (Å²) in [6, 6.07) is 0. The van der Waals surface area contributed by atoms with Crippen molar-refractivity contribution in [1.82, 2.24) is 19.6 Å². The molecule has 12 nitrogen and oxygen atoms in total. The van der Waals surface area contributed by atoms with Crippen LogP contribution in [0.1, 0.15) is 12.8 Å². The summed E-state index contributed by atoms with van der Waals surface area (Å²) in [6.07, 6.45) is 1.40. The molecule has 0 saturated carbocycles. The predicted molar refractivity (Wildman–Crippen MR) is 127 cm³/mol. The van der Waals surface area contributed by atoms with Gasteiger partial charge in [0.1, 0.15) is 11.8 Å². The fourth-order valence-electron chi connectivity index (χ4n) is 4.21. The first-order valence-corrected chi connectivity index (χ1v) is 18.1. The third-order valence-electron chi connectivity index (χ3n) is 5.70. The molecule has 0 aromatic rings. The van der Waals surface area contributed by atoms with Gasteiger partial charge >= 0.3 is 0 Å². The van der Waals surface area contributed by atoms with Crippen molar-refractivity contribution in [3.8, 4) is 0 Å². The van der Waals surface area contributed by atoms with Crippen LogP contribution in [-0.2, 0) is 18.3 Å². The zero-order valence-electron chi connectivity index (χ0n) is 18.4. The number of hydrogen-bond donors (Lipinski definition) is 4. The molecular formula is C16H38N4O8P4. The minimum Gasteiger partial charge on any atom is -0.346 e. The Balaban J connectivity index is 2.00. The van der Waals surface area contributed by atoms with Gasteiger partial charge in [-0.2, -0.15) is 0 Å². The molecule has 0 aromatic heterocycles. The highest BCUT2D eigenvalue weighted by atomic mass is 31.2. The molecule has 0 aromatic carbocycles. The van der Waals surface area contributed by atoms with Crippen molar-refractivity contribution in [2.24, 2.45) is 0 Å². The number of rotatable bonds is 8. The molecule has 32 heavy (non-hydrogen) atoms. The molecule has 6 atom stereocenters. The fourth-order valence-corrected chi connectivity index (χ4v) is 10.2. The molecule has 0 radical (unpaired) electrons. The van der Waals surface area contributed by atoms with Gasteiger partial charge < -0.3 is 29.4 Å². The Morgan fingerprint density at radius 3 is 1.28 bits per heavy atom. The molecule has 190 valence electrons. The highest BCUT2D eigenvalue weighted by Gasteiger charge is 2.27. The van der Waals surface area contributed by atoms with Gasteiger partial charge in [0, 0.05) is 39.3 Å². The van der Waals surface area contributed by atoms with Crippen LogP contribution in [0.5, 0.6) is 0 Å². The second kappa shape index (κ2) is 13.6. The van der Waals surface area contributed by atoms with E-state index < -0.39 is 42.6 Å². The maximum Gasteiger partial charge on any atom is 0.223 e. The molecule has 4 N–H and O–H groups in total. The maximum absolute atomic E-state index is 12.3. The predicted octanol–water partition coefficient (Wildman–Crippen LogP) is 0.307. The van der Waals surface area contributed by atoms with E-state index in [1.807, 2.05) is 9.80 Å². The molecule has 16 heteroatoms. The van der Waals surface area contributed by atoms with Gasteiger partial charge in [-0.25, -0.2) is 0 Å². The summed E-state index contributed by atoms with van der Waals surface area (Å²) in [6.45, 7) is 7.08. The van der Waals surface area contributed by atoms with Crippen LogP contribution in [0.2, 0.25) is 0 Å². The van der Waals surface area contributed by atoms with E-state index in [0.717, 1.165) is 39.0 Å². The zero-order chi connectivity index (χ0) is 23.8. The highest BCUT2D eigenvalue weighted by Crippen LogP contribution is 2.48. The zero-order valence-corrected chi connectivity index (χ0v) is 22.2. The van der Waals surface area contributed by atoms with E-state index >= 15 is 0 Å². The van der Waals surface area contributed by atoms with E-state index in [-0.39, 0.29) is 12.6 Å². The van der Waals surface area contributed by atoms with Gasteiger partial charge in [0.2, 0.25) is 14.7 Å². The Kier molecular flexibility index (Phi) is 12.3. The van der Waals surface area contributed by atoms with Crippen molar-refractivity contribution >= 4 is 30.8 Å². The van der Waals surface area contributed by atoms with Crippen molar-refractivity contribution in [3.63, 3.8) is 0 Å². The number of nitrogens with zero attached hydrogens (tertiary/aromatic N) is 4. The molecule has 2 fully saturated rings. The van der Waals surface area contributed by atoms with Crippen molar-refractivity contribution in [1.29, 1.82) is 0 Å². The summed E-state index contributed by atoms with van der Waals surface area (Å²) in [5.41, 5.74) is 0. The van der Waals surface area contributed by atoms with Gasteiger partial charge in [-0.05, 0) is 39.0 Å². The standard InChI is InChI=1S/C16H38N4O8P4/c21-29(22)15-31(25,26)13-19-5-1-3-17-7-8-18(10-11-19)4-2-6-20(12-9-17)14-32(27,28)16-30(23)24/h29-30H,1-16H2,(H,21,22)(H,23,24)(H,25,26)(H,27,28). The molecule has 0 amide bonds. The van der Waals surface area contributed by atoms with Crippen LogP contribution in [0, 0.1) is 0 Å². The Hall–Kier alpha value is 0.600. The molecule has 2 aliphatic rings. The van der Waals surface area contributed by atoms with Crippen LogP contribution in [0.3, 0.4) is 0 Å². The normalized spacial score (nSPS) is 30.6. The van der Waals surface area contributed by atoms with Crippen molar-refractivity contribution in [2.45, 2.75) is 12.8 Å². The van der Waals surface area contributed by atoms with E-state index in [0.29, 0.717) is 39.3 Å². The minimum atomic E-state index is -3.68. The topological polar surface area (TPSA) is 162 Å². The molecule has 2 saturated heterocycles. The lowest BCUT2D eigenvalue weighted by molar-refractivity contribution is 0.129. The van der Waals surface area contributed by atoms with Gasteiger partial charge in [0.25, 0.3) is 0 Å². The summed E-state index contributed by atoms with van der Waals surface area (Å²) < 4.78 is 46.8. The lowest BCUT2D eigenvalue weighted by atomic mass is 10.2. The van der Waals surface area contributed by atoms with Gasteiger partial charge in [0.05, 0.1) is 12.6 Å². The second-order valence-corrected chi connectivity index (χ2v) is 16.8. The molecule has 0 spiro atoms. The smallest absolute Gasteiger partial charge is 0.223 e. The molecular weight excluding hydrogens is 500 g/mol. The molecule has 2 aliphatic heterocycles. The Morgan fingerprint density at radius 1 is 0.594 bits per heavy atom. The first-order valence-electron chi connectivity index (χ1n) is 10.9. The maximum atomic E-state index is 12.3. The van der Waals surface area contributed by atoms with E-state index in [9.17, 15) is 28.0 Å². The van der Waals surface area contributed by atoms with E-state index in [1.54, 1.807) is 0 Å². The van der Waals surface area contributed by atoms with Gasteiger partial charge in [0.15, 0.2) is 16.1 Å². The molecule has 2 heterocycles. The van der Waals surface area contributed by atoms with Crippen LogP contribution < -0.4 is 0 Å². The van der Waals surface area contributed by atoms with Crippen LogP contribution >= 0.6 is 30.8 Å². The average molecular weight is 538 g/mol. The largest absolute Gasteiger partial charge is 0.346 e. The Morgan fingerprint density at radius 2 is 0.938 bits per heavy atom. The van der Waals surface area contributed by atoms with Crippen LogP contribution in [0.4, 0.5) is 0 Å². The first-order chi connectivity index (χ1) is 14.9. The van der Waals surface area contributed by atoms with Crippen LogP contribution in [0.25, 0.3) is 0 Å². The minimum absolute atomic E-state index is 0.0780. The van der Waals surface area contributed by atoms with E-state index in [2.05, 4.69) is 9.80 Å². The summed E-state index contributed by atoms with van der Waals surface area (Å²) >= 11 is 0.